The molecule has 3 heterocycles. The summed E-state index contributed by atoms with van der Waals surface area (Å²) in [6.45, 7) is 0. The van der Waals surface area contributed by atoms with Crippen LogP contribution in [0.2, 0.25) is 5.02 Å². The summed E-state index contributed by atoms with van der Waals surface area (Å²) in [6, 6.07) is 8.44. The van der Waals surface area contributed by atoms with Gasteiger partial charge in [0.15, 0.2) is 5.58 Å². The van der Waals surface area contributed by atoms with E-state index >= 15 is 0 Å². The summed E-state index contributed by atoms with van der Waals surface area (Å²) in [5.74, 6) is 0.661. The third-order valence-electron chi connectivity index (χ3n) is 4.46. The van der Waals surface area contributed by atoms with Crippen molar-refractivity contribution in [1.82, 2.24) is 5.32 Å². The number of nitrogens with one attached hydrogen (secondary N) is 1. The number of halogens is 1. The average Bonchev–Trinajstić information content (AvgIpc) is 2.95. The zero-order valence-electron chi connectivity index (χ0n) is 10.5. The Morgan fingerprint density at radius 3 is 2.68 bits per heavy atom. The lowest BCUT2D eigenvalue weighted by Gasteiger charge is -2.35. The van der Waals surface area contributed by atoms with Gasteiger partial charge in [-0.25, -0.2) is 0 Å². The Balaban J connectivity index is 1.79. The van der Waals surface area contributed by atoms with Crippen molar-refractivity contribution < 1.29 is 9.52 Å². The lowest BCUT2D eigenvalue weighted by molar-refractivity contribution is -0.0285. The predicted octanol–water partition coefficient (Wildman–Crippen LogP) is 3.19. The summed E-state index contributed by atoms with van der Waals surface area (Å²) in [5.41, 5.74) is -0.169. The number of rotatable bonds is 1. The minimum Gasteiger partial charge on any atom is -0.456 e. The van der Waals surface area contributed by atoms with Gasteiger partial charge in [-0.15, -0.1) is 0 Å². The first-order valence-electron chi connectivity index (χ1n) is 6.81. The van der Waals surface area contributed by atoms with Crippen LogP contribution in [0.25, 0.3) is 11.0 Å². The van der Waals surface area contributed by atoms with E-state index in [0.717, 1.165) is 31.1 Å². The van der Waals surface area contributed by atoms with Crippen LogP contribution >= 0.6 is 11.6 Å². The SMILES string of the molecule is OC1(c2cc3cccc(Cl)c3o2)CC2CCC(C1)N2. The van der Waals surface area contributed by atoms with Crippen molar-refractivity contribution >= 4 is 22.6 Å². The number of aliphatic hydroxyl groups is 1. The highest BCUT2D eigenvalue weighted by atomic mass is 35.5. The molecule has 100 valence electrons. The van der Waals surface area contributed by atoms with Crippen molar-refractivity contribution in [1.29, 1.82) is 0 Å². The van der Waals surface area contributed by atoms with Gasteiger partial charge in [-0.1, -0.05) is 23.7 Å². The fourth-order valence-electron chi connectivity index (χ4n) is 3.58. The molecular formula is C15H16ClNO2. The molecule has 2 atom stereocenters. The molecule has 2 N–H and O–H groups in total. The van der Waals surface area contributed by atoms with Crippen LogP contribution in [0.1, 0.15) is 31.4 Å². The second-order valence-corrected chi connectivity index (χ2v) is 6.25. The first kappa shape index (κ1) is 11.8. The molecule has 0 spiro atoms. The van der Waals surface area contributed by atoms with Gasteiger partial charge in [0.25, 0.3) is 0 Å². The number of fused-ring (bicyclic) bond motifs is 3. The molecule has 2 aromatic rings. The molecule has 2 aliphatic heterocycles. The Morgan fingerprint density at radius 1 is 1.26 bits per heavy atom. The van der Waals surface area contributed by atoms with Gasteiger partial charge in [-0.2, -0.15) is 0 Å². The lowest BCUT2D eigenvalue weighted by atomic mass is 9.85. The van der Waals surface area contributed by atoms with Crippen LogP contribution in [-0.4, -0.2) is 17.2 Å². The molecule has 1 aromatic heterocycles. The molecule has 0 amide bonds. The van der Waals surface area contributed by atoms with E-state index in [-0.39, 0.29) is 0 Å². The van der Waals surface area contributed by atoms with Gasteiger partial charge in [0, 0.05) is 17.5 Å². The molecule has 4 rings (SSSR count). The summed E-state index contributed by atoms with van der Waals surface area (Å²) >= 11 is 6.14. The highest BCUT2D eigenvalue weighted by molar-refractivity contribution is 6.34. The second-order valence-electron chi connectivity index (χ2n) is 5.85. The fourth-order valence-corrected chi connectivity index (χ4v) is 3.80. The number of para-hydroxylation sites is 1. The zero-order valence-corrected chi connectivity index (χ0v) is 11.3. The van der Waals surface area contributed by atoms with Crippen molar-refractivity contribution in [2.24, 2.45) is 0 Å². The maximum absolute atomic E-state index is 10.9. The molecule has 1 aromatic carbocycles. The van der Waals surface area contributed by atoms with Crippen LogP contribution in [-0.2, 0) is 5.60 Å². The van der Waals surface area contributed by atoms with Gasteiger partial charge in [0.1, 0.15) is 11.4 Å². The van der Waals surface area contributed by atoms with Crippen LogP contribution in [0.5, 0.6) is 0 Å². The topological polar surface area (TPSA) is 45.4 Å². The van der Waals surface area contributed by atoms with E-state index in [1.807, 2.05) is 24.3 Å². The van der Waals surface area contributed by atoms with Gasteiger partial charge in [-0.3, -0.25) is 0 Å². The molecular weight excluding hydrogens is 262 g/mol. The average molecular weight is 278 g/mol. The van der Waals surface area contributed by atoms with E-state index in [0.29, 0.717) is 28.4 Å². The number of benzene rings is 1. The van der Waals surface area contributed by atoms with Gasteiger partial charge in [0.2, 0.25) is 0 Å². The van der Waals surface area contributed by atoms with E-state index in [4.69, 9.17) is 16.0 Å². The molecule has 2 saturated heterocycles. The smallest absolute Gasteiger partial charge is 0.153 e. The second kappa shape index (κ2) is 3.98. The standard InChI is InChI=1S/C15H16ClNO2/c16-12-3-1-2-9-6-13(19-14(9)12)15(18)7-10-4-5-11(8-15)17-10/h1-3,6,10-11,17-18H,4-5,7-8H2. The molecule has 0 radical (unpaired) electrons. The van der Waals surface area contributed by atoms with Crippen molar-refractivity contribution in [2.75, 3.05) is 0 Å². The number of piperidine rings is 1. The largest absolute Gasteiger partial charge is 0.456 e. The van der Waals surface area contributed by atoms with Gasteiger partial charge >= 0.3 is 0 Å². The van der Waals surface area contributed by atoms with Crippen LogP contribution in [0, 0.1) is 0 Å². The van der Waals surface area contributed by atoms with Crippen molar-refractivity contribution in [3.8, 4) is 0 Å². The summed E-state index contributed by atoms with van der Waals surface area (Å²) < 4.78 is 5.86. The molecule has 0 saturated carbocycles. The fraction of sp³-hybridized carbons (Fsp3) is 0.467. The van der Waals surface area contributed by atoms with E-state index < -0.39 is 5.60 Å². The minimum absolute atomic E-state index is 0.410. The van der Waals surface area contributed by atoms with Crippen LogP contribution in [0.4, 0.5) is 0 Å². The third-order valence-corrected chi connectivity index (χ3v) is 4.76. The molecule has 2 bridgehead atoms. The zero-order chi connectivity index (χ0) is 13.0. The first-order chi connectivity index (χ1) is 9.14. The summed E-state index contributed by atoms with van der Waals surface area (Å²) in [6.07, 6.45) is 3.74. The first-order valence-corrected chi connectivity index (χ1v) is 7.19. The van der Waals surface area contributed by atoms with Crippen LogP contribution < -0.4 is 5.32 Å². The van der Waals surface area contributed by atoms with Crippen molar-refractivity contribution in [3.05, 3.63) is 35.0 Å². The normalized spacial score (nSPS) is 34.0. The van der Waals surface area contributed by atoms with E-state index in [1.165, 1.54) is 0 Å². The highest BCUT2D eigenvalue weighted by Crippen LogP contribution is 2.43. The van der Waals surface area contributed by atoms with E-state index in [9.17, 15) is 5.11 Å². The summed E-state index contributed by atoms with van der Waals surface area (Å²) in [4.78, 5) is 0. The quantitative estimate of drug-likeness (QED) is 0.841. The Bertz CT molecular complexity index is 624. The Hall–Kier alpha value is -1.03. The molecule has 3 nitrogen and oxygen atoms in total. The molecule has 2 unspecified atom stereocenters. The maximum atomic E-state index is 10.9. The number of hydrogen-bond acceptors (Lipinski definition) is 3. The van der Waals surface area contributed by atoms with Crippen LogP contribution in [0.3, 0.4) is 0 Å². The summed E-state index contributed by atoms with van der Waals surface area (Å²) in [7, 11) is 0. The van der Waals surface area contributed by atoms with Crippen molar-refractivity contribution in [2.45, 2.75) is 43.4 Å². The Labute approximate surface area is 116 Å². The molecule has 19 heavy (non-hydrogen) atoms. The van der Waals surface area contributed by atoms with Gasteiger partial charge < -0.3 is 14.8 Å². The predicted molar refractivity (Wildman–Crippen MR) is 74.3 cm³/mol. The van der Waals surface area contributed by atoms with E-state index in [2.05, 4.69) is 5.32 Å². The third kappa shape index (κ3) is 1.80. The summed E-state index contributed by atoms with van der Waals surface area (Å²) in [5, 5.41) is 16.0. The maximum Gasteiger partial charge on any atom is 0.153 e. The van der Waals surface area contributed by atoms with Gasteiger partial charge in [-0.05, 0) is 37.8 Å². The van der Waals surface area contributed by atoms with E-state index in [1.54, 1.807) is 0 Å². The Kier molecular flexibility index (Phi) is 2.47. The monoisotopic (exact) mass is 277 g/mol. The molecule has 0 aliphatic carbocycles. The number of hydrogen-bond donors (Lipinski definition) is 2. The molecule has 4 heteroatoms. The minimum atomic E-state index is -0.848. The highest BCUT2D eigenvalue weighted by Gasteiger charge is 2.45. The Morgan fingerprint density at radius 2 is 2.00 bits per heavy atom. The molecule has 2 fully saturated rings. The van der Waals surface area contributed by atoms with Gasteiger partial charge in [0.05, 0.1) is 5.02 Å². The van der Waals surface area contributed by atoms with Crippen LogP contribution in [0.15, 0.2) is 28.7 Å². The number of furan rings is 1. The van der Waals surface area contributed by atoms with Crippen molar-refractivity contribution in [3.63, 3.8) is 0 Å². The molecule has 2 aliphatic rings. The lowest BCUT2D eigenvalue weighted by Crippen LogP contribution is -2.46.